The van der Waals surface area contributed by atoms with Gasteiger partial charge in [0.15, 0.2) is 0 Å². The van der Waals surface area contributed by atoms with E-state index in [4.69, 9.17) is 5.11 Å². The highest BCUT2D eigenvalue weighted by atomic mass is 16.4. The predicted molar refractivity (Wildman–Crippen MR) is 101 cm³/mol. The summed E-state index contributed by atoms with van der Waals surface area (Å²) in [5.74, 6) is -0.871. The number of carbonyl (C=O) groups is 1. The highest BCUT2D eigenvalue weighted by Gasteiger charge is 2.08. The van der Waals surface area contributed by atoms with Crippen LogP contribution in [0.5, 0.6) is 0 Å². The minimum absolute atomic E-state index is 0.198. The summed E-state index contributed by atoms with van der Waals surface area (Å²) < 4.78 is 0. The number of hydrogen-bond acceptors (Lipinski definition) is 1. The van der Waals surface area contributed by atoms with Gasteiger partial charge in [0.25, 0.3) is 0 Å². The van der Waals surface area contributed by atoms with Crippen molar-refractivity contribution < 1.29 is 9.90 Å². The van der Waals surface area contributed by atoms with E-state index >= 15 is 0 Å². The number of unbranched alkanes of at least 4 members (excludes halogenated alkanes) is 6. The molecule has 132 valence electrons. The molecular weight excluding hydrogens is 284 g/mol. The number of allylic oxidation sites excluding steroid dienone is 6. The summed E-state index contributed by atoms with van der Waals surface area (Å²) in [6, 6.07) is 0. The Kier molecular flexibility index (Phi) is 16.1. The first-order chi connectivity index (χ1) is 11.2. The van der Waals surface area contributed by atoms with Gasteiger partial charge in [0.1, 0.15) is 0 Å². The van der Waals surface area contributed by atoms with E-state index < -0.39 is 5.97 Å². The van der Waals surface area contributed by atoms with Crippen molar-refractivity contribution in [3.8, 4) is 0 Å². The number of rotatable bonds is 15. The first kappa shape index (κ1) is 21.7. The van der Waals surface area contributed by atoms with Crippen LogP contribution in [0.2, 0.25) is 0 Å². The summed E-state index contributed by atoms with van der Waals surface area (Å²) in [6.07, 6.45) is 25.9. The monoisotopic (exact) mass is 320 g/mol. The molecule has 0 aromatic carbocycles. The molecule has 1 atom stereocenters. The van der Waals surface area contributed by atoms with Gasteiger partial charge in [-0.3, -0.25) is 4.79 Å². The smallest absolute Gasteiger partial charge is 0.306 e. The van der Waals surface area contributed by atoms with E-state index in [1.807, 2.05) is 0 Å². The zero-order chi connectivity index (χ0) is 17.2. The Bertz CT molecular complexity index is 353. The summed E-state index contributed by atoms with van der Waals surface area (Å²) in [4.78, 5) is 10.7. The maximum Gasteiger partial charge on any atom is 0.306 e. The Balaban J connectivity index is 3.37. The largest absolute Gasteiger partial charge is 0.481 e. The molecule has 0 aliphatic carbocycles. The van der Waals surface area contributed by atoms with Crippen molar-refractivity contribution >= 4 is 5.97 Å². The lowest BCUT2D eigenvalue weighted by Gasteiger charge is -2.04. The summed E-state index contributed by atoms with van der Waals surface area (Å²) in [5.41, 5.74) is 0. The molecular formula is C21H36O2. The van der Waals surface area contributed by atoms with Crippen LogP contribution in [-0.4, -0.2) is 11.1 Å². The lowest BCUT2D eigenvalue weighted by atomic mass is 10.0. The second kappa shape index (κ2) is 17.1. The van der Waals surface area contributed by atoms with Crippen molar-refractivity contribution in [1.29, 1.82) is 0 Å². The zero-order valence-electron chi connectivity index (χ0n) is 15.2. The average molecular weight is 321 g/mol. The summed E-state index contributed by atoms with van der Waals surface area (Å²) in [6.45, 7) is 4.02. The van der Waals surface area contributed by atoms with Gasteiger partial charge in [-0.25, -0.2) is 0 Å². The predicted octanol–water partition coefficient (Wildman–Crippen LogP) is 6.69. The fourth-order valence-corrected chi connectivity index (χ4v) is 2.30. The van der Waals surface area contributed by atoms with Gasteiger partial charge in [-0.15, -0.1) is 0 Å². The van der Waals surface area contributed by atoms with Crippen LogP contribution in [0, 0.1) is 5.92 Å². The quantitative estimate of drug-likeness (QED) is 0.270. The third-order valence-electron chi connectivity index (χ3n) is 3.95. The highest BCUT2D eigenvalue weighted by molar-refractivity contribution is 5.69. The Morgan fingerprint density at radius 1 is 0.826 bits per heavy atom. The van der Waals surface area contributed by atoms with Crippen molar-refractivity contribution in [1.82, 2.24) is 0 Å². The molecule has 0 heterocycles. The fourth-order valence-electron chi connectivity index (χ4n) is 2.30. The molecule has 23 heavy (non-hydrogen) atoms. The molecule has 0 amide bonds. The maximum atomic E-state index is 10.7. The number of aliphatic carboxylic acids is 1. The third kappa shape index (κ3) is 16.9. The van der Waals surface area contributed by atoms with E-state index in [1.165, 1.54) is 25.7 Å². The summed E-state index contributed by atoms with van der Waals surface area (Å²) >= 11 is 0. The van der Waals surface area contributed by atoms with Gasteiger partial charge in [-0.1, -0.05) is 76.0 Å². The second-order valence-corrected chi connectivity index (χ2v) is 6.26. The van der Waals surface area contributed by atoms with Crippen LogP contribution in [0.1, 0.15) is 84.5 Å². The lowest BCUT2D eigenvalue weighted by molar-refractivity contribution is -0.141. The van der Waals surface area contributed by atoms with E-state index in [2.05, 4.69) is 43.4 Å². The molecule has 1 unspecified atom stereocenters. The number of carboxylic acids is 1. The molecule has 0 radical (unpaired) electrons. The number of hydrogen-bond donors (Lipinski definition) is 1. The van der Waals surface area contributed by atoms with E-state index in [-0.39, 0.29) is 5.92 Å². The molecule has 0 saturated heterocycles. The van der Waals surface area contributed by atoms with Gasteiger partial charge in [0.05, 0.1) is 5.92 Å². The van der Waals surface area contributed by atoms with Crippen LogP contribution >= 0.6 is 0 Å². The summed E-state index contributed by atoms with van der Waals surface area (Å²) in [5, 5.41) is 8.79. The molecule has 0 aromatic rings. The third-order valence-corrected chi connectivity index (χ3v) is 3.95. The van der Waals surface area contributed by atoms with Crippen LogP contribution in [-0.2, 0) is 4.79 Å². The SMILES string of the molecule is CCCCC/C=C/C/C=C/C/C=C/CCCCCC(C)C(=O)O. The highest BCUT2D eigenvalue weighted by Crippen LogP contribution is 2.10. The van der Waals surface area contributed by atoms with Crippen LogP contribution in [0.4, 0.5) is 0 Å². The molecule has 0 fully saturated rings. The van der Waals surface area contributed by atoms with Crippen molar-refractivity contribution in [2.45, 2.75) is 84.5 Å². The minimum atomic E-state index is -0.674. The van der Waals surface area contributed by atoms with Gasteiger partial charge in [0.2, 0.25) is 0 Å². The molecule has 0 aromatic heterocycles. The molecule has 0 rings (SSSR count). The second-order valence-electron chi connectivity index (χ2n) is 6.26. The first-order valence-electron chi connectivity index (χ1n) is 9.36. The molecule has 0 saturated carbocycles. The minimum Gasteiger partial charge on any atom is -0.481 e. The lowest BCUT2D eigenvalue weighted by Crippen LogP contribution is -2.08. The summed E-state index contributed by atoms with van der Waals surface area (Å²) in [7, 11) is 0. The van der Waals surface area contributed by atoms with Crippen molar-refractivity contribution in [2.75, 3.05) is 0 Å². The average Bonchev–Trinajstić information content (AvgIpc) is 2.54. The standard InChI is InChI=1S/C21H36O2/c1-3-4-5-6-7-8-9-10-11-12-13-14-15-16-17-18-19-20(2)21(22)23/h7-8,10-11,13-14,20H,3-6,9,12,15-19H2,1-2H3,(H,22,23)/b8-7+,11-10+,14-13+. The molecule has 2 heteroatoms. The van der Waals surface area contributed by atoms with Gasteiger partial charge in [-0.2, -0.15) is 0 Å². The van der Waals surface area contributed by atoms with Crippen molar-refractivity contribution in [3.63, 3.8) is 0 Å². The Labute approximate surface area is 143 Å². The van der Waals surface area contributed by atoms with E-state index in [9.17, 15) is 4.79 Å². The van der Waals surface area contributed by atoms with E-state index in [1.54, 1.807) is 6.92 Å². The Morgan fingerprint density at radius 3 is 1.87 bits per heavy atom. The van der Waals surface area contributed by atoms with Crippen LogP contribution < -0.4 is 0 Å². The van der Waals surface area contributed by atoms with Gasteiger partial charge < -0.3 is 5.11 Å². The first-order valence-corrected chi connectivity index (χ1v) is 9.36. The topological polar surface area (TPSA) is 37.3 Å². The Hall–Kier alpha value is -1.31. The molecule has 0 aliphatic rings. The van der Waals surface area contributed by atoms with Crippen molar-refractivity contribution in [3.05, 3.63) is 36.5 Å². The normalized spacial score (nSPS) is 13.5. The van der Waals surface area contributed by atoms with Crippen molar-refractivity contribution in [2.24, 2.45) is 5.92 Å². The van der Waals surface area contributed by atoms with Gasteiger partial charge in [-0.05, 0) is 44.9 Å². The van der Waals surface area contributed by atoms with Crippen LogP contribution in [0.25, 0.3) is 0 Å². The molecule has 0 spiro atoms. The number of carboxylic acid groups (broad SMARTS) is 1. The van der Waals surface area contributed by atoms with Gasteiger partial charge >= 0.3 is 5.97 Å². The maximum absolute atomic E-state index is 10.7. The van der Waals surface area contributed by atoms with Crippen LogP contribution in [0.15, 0.2) is 36.5 Å². The molecule has 0 bridgehead atoms. The van der Waals surface area contributed by atoms with Crippen LogP contribution in [0.3, 0.4) is 0 Å². The van der Waals surface area contributed by atoms with E-state index in [0.717, 1.165) is 44.9 Å². The molecule has 1 N–H and O–H groups in total. The van der Waals surface area contributed by atoms with Gasteiger partial charge in [0, 0.05) is 0 Å². The fraction of sp³-hybridized carbons (Fsp3) is 0.667. The van der Waals surface area contributed by atoms with E-state index in [0.29, 0.717) is 0 Å². The molecule has 2 nitrogen and oxygen atoms in total. The Morgan fingerprint density at radius 2 is 1.35 bits per heavy atom. The zero-order valence-corrected chi connectivity index (χ0v) is 15.2. The molecule has 0 aliphatic heterocycles.